The fraction of sp³-hybridized carbons (Fsp3) is 0.500. The maximum atomic E-state index is 13.4. The lowest BCUT2D eigenvalue weighted by Gasteiger charge is -2.49. The summed E-state index contributed by atoms with van der Waals surface area (Å²) in [6, 6.07) is -1.08. The first-order valence-electron chi connectivity index (χ1n) is 13.5. The van der Waals surface area contributed by atoms with Crippen molar-refractivity contribution >= 4 is 76.0 Å². The fourth-order valence-electron chi connectivity index (χ4n) is 4.02. The average Bonchev–Trinajstić information content (AvgIpc) is 3.64. The van der Waals surface area contributed by atoms with Gasteiger partial charge >= 0.3 is 12.1 Å². The van der Waals surface area contributed by atoms with Crippen LogP contribution in [0.4, 0.5) is 9.93 Å². The summed E-state index contributed by atoms with van der Waals surface area (Å²) in [4.78, 5) is 72.0. The fourth-order valence-corrected chi connectivity index (χ4v) is 7.06. The largest absolute Gasteiger partial charge is 0.477 e. The summed E-state index contributed by atoms with van der Waals surface area (Å²) in [5.74, 6) is -2.36. The van der Waals surface area contributed by atoms with E-state index in [1.54, 1.807) is 20.8 Å². The molecule has 2 aliphatic rings. The SMILES string of the molecule is CC(C)(C)OC(=O)NCCON=C(C(=O)NC1C(=O)N2C(C(=O)O)=C(CSc3nnnn3CCO)CS[C@@H]12)c1csc(NC=O)n1. The van der Waals surface area contributed by atoms with Crippen molar-refractivity contribution in [3.05, 3.63) is 22.3 Å². The third kappa shape index (κ3) is 8.50. The third-order valence-corrected chi connectivity index (χ3v) is 9.04. The second-order valence-electron chi connectivity index (χ2n) is 10.3. The summed E-state index contributed by atoms with van der Waals surface area (Å²) in [5, 5.41) is 43.0. The van der Waals surface area contributed by atoms with Crippen molar-refractivity contribution in [2.24, 2.45) is 5.16 Å². The number of aromatic nitrogens is 5. The minimum absolute atomic E-state index is 0.00161. The number of fused-ring (bicyclic) bond motifs is 1. The third-order valence-electron chi connectivity index (χ3n) is 5.88. The van der Waals surface area contributed by atoms with Crippen LogP contribution in [-0.4, -0.2) is 125 Å². The molecule has 0 saturated carbocycles. The van der Waals surface area contributed by atoms with E-state index in [1.807, 2.05) is 0 Å². The Morgan fingerprint density at radius 3 is 2.78 bits per heavy atom. The van der Waals surface area contributed by atoms with E-state index in [4.69, 9.17) is 9.57 Å². The number of tetrazole rings is 1. The number of ether oxygens (including phenoxy) is 1. The standard InChI is InChI=1S/C24H30N10O9S3/c1-24(2,3)43-23(41)25-4-7-42-30-14(13-10-45-21(27-13)26-11-36)17(37)28-15-18(38)34-16(20(39)40)12(8-44-19(15)34)9-46-22-29-31-32-33(22)5-6-35/h10-11,15,19,35H,4-9H2,1-3H3,(H,25,41)(H,28,37)(H,39,40)(H,26,27,36)/t15?,19-/m0/s1. The number of aliphatic hydroxyl groups excluding tert-OH is 1. The number of carbonyl (C=O) groups excluding carboxylic acids is 4. The number of alkyl carbamates (subject to hydrolysis) is 1. The molecule has 0 aliphatic carbocycles. The predicted molar refractivity (Wildman–Crippen MR) is 164 cm³/mol. The van der Waals surface area contributed by atoms with Gasteiger partial charge in [-0.25, -0.2) is 19.3 Å². The van der Waals surface area contributed by atoms with E-state index in [2.05, 4.69) is 41.6 Å². The highest BCUT2D eigenvalue weighted by Crippen LogP contribution is 2.41. The molecule has 4 rings (SSSR count). The van der Waals surface area contributed by atoms with Gasteiger partial charge in [-0.15, -0.1) is 28.2 Å². The van der Waals surface area contributed by atoms with Gasteiger partial charge in [0.25, 0.3) is 11.8 Å². The number of oxime groups is 1. The monoisotopic (exact) mass is 698 g/mol. The molecule has 2 aromatic heterocycles. The van der Waals surface area contributed by atoms with Gasteiger partial charge < -0.3 is 35.7 Å². The number of thioether (sulfide) groups is 2. The van der Waals surface area contributed by atoms with E-state index in [0.29, 0.717) is 17.1 Å². The van der Waals surface area contributed by atoms with Crippen LogP contribution in [0.25, 0.3) is 0 Å². The second-order valence-corrected chi connectivity index (χ2v) is 13.2. The molecule has 0 bridgehead atoms. The first kappa shape index (κ1) is 34.6. The Morgan fingerprint density at radius 2 is 2.09 bits per heavy atom. The molecular weight excluding hydrogens is 669 g/mol. The Hall–Kier alpha value is -4.28. The first-order valence-corrected chi connectivity index (χ1v) is 16.4. The highest BCUT2D eigenvalue weighted by Gasteiger charge is 2.54. The van der Waals surface area contributed by atoms with E-state index in [9.17, 15) is 34.2 Å². The molecule has 2 aromatic rings. The molecule has 1 unspecified atom stereocenters. The summed E-state index contributed by atoms with van der Waals surface area (Å²) < 4.78 is 6.52. The van der Waals surface area contributed by atoms with Gasteiger partial charge in [0.05, 0.1) is 19.7 Å². The minimum Gasteiger partial charge on any atom is -0.477 e. The van der Waals surface area contributed by atoms with Gasteiger partial charge in [0, 0.05) is 16.9 Å². The van der Waals surface area contributed by atoms with Gasteiger partial charge in [-0.3, -0.25) is 19.3 Å². The Morgan fingerprint density at radius 1 is 1.30 bits per heavy atom. The molecule has 4 amide bonds. The maximum absolute atomic E-state index is 13.4. The van der Waals surface area contributed by atoms with Crippen LogP contribution in [0, 0.1) is 0 Å². The van der Waals surface area contributed by atoms with Gasteiger partial charge in [-0.2, -0.15) is 0 Å². The highest BCUT2D eigenvalue weighted by molar-refractivity contribution is 8.01. The molecule has 0 radical (unpaired) electrons. The van der Waals surface area contributed by atoms with Crippen LogP contribution in [0.5, 0.6) is 0 Å². The molecule has 1 saturated heterocycles. The lowest BCUT2D eigenvalue weighted by atomic mass is 10.0. The smallest absolute Gasteiger partial charge is 0.407 e. The summed E-state index contributed by atoms with van der Waals surface area (Å²) in [7, 11) is 0. The number of amides is 4. The number of carboxylic acids is 1. The Labute approximate surface area is 273 Å². The molecule has 1 fully saturated rings. The average molecular weight is 699 g/mol. The van der Waals surface area contributed by atoms with E-state index >= 15 is 0 Å². The van der Waals surface area contributed by atoms with Crippen molar-refractivity contribution < 1.29 is 43.8 Å². The van der Waals surface area contributed by atoms with Gasteiger partial charge in [-0.1, -0.05) is 16.9 Å². The van der Waals surface area contributed by atoms with Crippen molar-refractivity contribution in [2.75, 3.05) is 36.6 Å². The van der Waals surface area contributed by atoms with Crippen LogP contribution in [0.2, 0.25) is 0 Å². The lowest BCUT2D eigenvalue weighted by molar-refractivity contribution is -0.150. The molecule has 248 valence electrons. The van der Waals surface area contributed by atoms with Crippen molar-refractivity contribution in [1.29, 1.82) is 0 Å². The molecule has 5 N–H and O–H groups in total. The Kier molecular flexibility index (Phi) is 11.5. The number of aliphatic hydroxyl groups is 1. The second kappa shape index (κ2) is 15.3. The van der Waals surface area contributed by atoms with Crippen LogP contribution in [-0.2, 0) is 35.3 Å². The molecular formula is C24H30N10O9S3. The normalized spacial score (nSPS) is 18.0. The number of nitrogens with one attached hydrogen (secondary N) is 3. The number of carboxylic acid groups (broad SMARTS) is 1. The van der Waals surface area contributed by atoms with Gasteiger partial charge in [0.1, 0.15) is 35.0 Å². The van der Waals surface area contributed by atoms with E-state index in [1.165, 1.54) is 21.8 Å². The number of carbonyl (C=O) groups is 5. The molecule has 4 heterocycles. The molecule has 2 aliphatic heterocycles. The van der Waals surface area contributed by atoms with Gasteiger partial charge in [-0.05, 0) is 36.8 Å². The molecule has 19 nitrogen and oxygen atoms in total. The predicted octanol–water partition coefficient (Wildman–Crippen LogP) is -0.533. The van der Waals surface area contributed by atoms with Crippen LogP contribution in [0.15, 0.2) is 27.0 Å². The number of anilines is 1. The molecule has 46 heavy (non-hydrogen) atoms. The minimum atomic E-state index is -1.30. The van der Waals surface area contributed by atoms with Crippen LogP contribution in [0.1, 0.15) is 26.5 Å². The van der Waals surface area contributed by atoms with Crippen molar-refractivity contribution in [3.63, 3.8) is 0 Å². The van der Waals surface area contributed by atoms with Crippen LogP contribution >= 0.6 is 34.9 Å². The van der Waals surface area contributed by atoms with Crippen molar-refractivity contribution in [2.45, 2.75) is 49.5 Å². The number of hydrogen-bond acceptors (Lipinski definition) is 16. The van der Waals surface area contributed by atoms with Gasteiger partial charge in [0.15, 0.2) is 10.8 Å². The number of rotatable bonds is 15. The van der Waals surface area contributed by atoms with Crippen LogP contribution in [0.3, 0.4) is 0 Å². The lowest BCUT2D eigenvalue weighted by Crippen LogP contribution is -2.71. The van der Waals surface area contributed by atoms with Gasteiger partial charge in [0.2, 0.25) is 11.6 Å². The number of thiazole rings is 1. The topological polar surface area (TPSA) is 252 Å². The van der Waals surface area contributed by atoms with Crippen LogP contribution < -0.4 is 16.0 Å². The van der Waals surface area contributed by atoms with Crippen molar-refractivity contribution in [3.8, 4) is 0 Å². The van der Waals surface area contributed by atoms with Crippen molar-refractivity contribution in [1.82, 2.24) is 40.7 Å². The zero-order valence-electron chi connectivity index (χ0n) is 24.7. The number of aliphatic carboxylic acids is 1. The first-order chi connectivity index (χ1) is 21.9. The Bertz CT molecular complexity index is 1540. The molecule has 0 spiro atoms. The molecule has 22 heteroatoms. The Balaban J connectivity index is 1.43. The zero-order valence-corrected chi connectivity index (χ0v) is 27.1. The summed E-state index contributed by atoms with van der Waals surface area (Å²) in [5.41, 5.74) is -0.693. The summed E-state index contributed by atoms with van der Waals surface area (Å²) >= 11 is 3.45. The summed E-state index contributed by atoms with van der Waals surface area (Å²) in [6.45, 7) is 4.97. The maximum Gasteiger partial charge on any atom is 0.407 e. The number of nitrogens with zero attached hydrogens (tertiary/aromatic N) is 7. The van der Waals surface area contributed by atoms with E-state index < -0.39 is 40.9 Å². The quantitative estimate of drug-likeness (QED) is 0.0391. The van der Waals surface area contributed by atoms with E-state index in [0.717, 1.165) is 28.0 Å². The number of β-lactam (4-membered cyclic amide) rings is 1. The highest BCUT2D eigenvalue weighted by atomic mass is 32.2. The van der Waals surface area contributed by atoms with E-state index in [-0.39, 0.29) is 60.0 Å². The number of hydrogen-bond donors (Lipinski definition) is 5. The zero-order chi connectivity index (χ0) is 33.4. The molecule has 0 aromatic carbocycles. The summed E-state index contributed by atoms with van der Waals surface area (Å²) in [6.07, 6.45) is -0.254. The molecule has 2 atom stereocenters.